The topological polar surface area (TPSA) is 38.5 Å². The molecule has 0 amide bonds. The number of ether oxygens (including phenoxy) is 1. The smallest absolute Gasteiger partial charge is 0.104 e. The van der Waals surface area contributed by atoms with Gasteiger partial charge in [-0.25, -0.2) is 0 Å². The Morgan fingerprint density at radius 1 is 1.50 bits per heavy atom. The molecule has 2 rings (SSSR count). The molecule has 0 atom stereocenters. The van der Waals surface area contributed by atoms with Crippen LogP contribution in [0.5, 0.6) is 0 Å². The molecule has 2 N–H and O–H groups in total. The number of hydrogen-bond donors (Lipinski definition) is 1. The number of nitrogens with zero attached hydrogens (tertiary/aromatic N) is 1. The van der Waals surface area contributed by atoms with Crippen LogP contribution in [-0.2, 0) is 4.74 Å². The minimum atomic E-state index is -0.112. The molecule has 1 heterocycles. The molecule has 0 radical (unpaired) electrons. The van der Waals surface area contributed by atoms with Crippen molar-refractivity contribution in [3.8, 4) is 0 Å². The predicted molar refractivity (Wildman–Crippen MR) is 82.3 cm³/mol. The fourth-order valence-electron chi connectivity index (χ4n) is 2.14. The maximum absolute atomic E-state index is 5.72. The molecule has 0 unspecified atom stereocenters. The second-order valence-corrected chi connectivity index (χ2v) is 6.35. The Kier molecular flexibility index (Phi) is 3.94. The zero-order chi connectivity index (χ0) is 13.3. The Morgan fingerprint density at radius 3 is 2.78 bits per heavy atom. The van der Waals surface area contributed by atoms with Gasteiger partial charge in [-0.05, 0) is 48.0 Å². The average molecular weight is 329 g/mol. The summed E-state index contributed by atoms with van der Waals surface area (Å²) in [5, 5.41) is 0. The van der Waals surface area contributed by atoms with Gasteiger partial charge in [0.2, 0.25) is 0 Å². The molecule has 1 saturated heterocycles. The first-order valence-electron chi connectivity index (χ1n) is 5.87. The van der Waals surface area contributed by atoms with Crippen LogP contribution in [-0.4, -0.2) is 30.3 Å². The lowest BCUT2D eigenvalue weighted by molar-refractivity contribution is -0.0277. The summed E-state index contributed by atoms with van der Waals surface area (Å²) in [5.41, 5.74) is 7.56. The summed E-state index contributed by atoms with van der Waals surface area (Å²) < 4.78 is 6.74. The van der Waals surface area contributed by atoms with Gasteiger partial charge in [0, 0.05) is 23.1 Å². The summed E-state index contributed by atoms with van der Waals surface area (Å²) >= 11 is 8.57. The number of hydrogen-bond acceptors (Lipinski definition) is 3. The van der Waals surface area contributed by atoms with E-state index < -0.39 is 0 Å². The molecule has 1 fully saturated rings. The Morgan fingerprint density at radius 2 is 2.22 bits per heavy atom. The number of thiocarbonyl (C=S) groups is 1. The second kappa shape index (κ2) is 5.15. The van der Waals surface area contributed by atoms with Crippen LogP contribution in [0.4, 0.5) is 5.69 Å². The van der Waals surface area contributed by atoms with Crippen molar-refractivity contribution >= 4 is 38.8 Å². The summed E-state index contributed by atoms with van der Waals surface area (Å²) in [4.78, 5) is 2.74. The van der Waals surface area contributed by atoms with Crippen molar-refractivity contribution in [2.45, 2.75) is 19.4 Å². The molecule has 1 aliphatic rings. The SMILES string of the molecule is CC1(C)CN(c2ccc(C(N)=S)cc2Br)CCO1. The Balaban J connectivity index is 2.26. The maximum Gasteiger partial charge on any atom is 0.104 e. The fourth-order valence-corrected chi connectivity index (χ4v) is 2.90. The highest BCUT2D eigenvalue weighted by Crippen LogP contribution is 2.30. The highest BCUT2D eigenvalue weighted by atomic mass is 79.9. The van der Waals surface area contributed by atoms with Crippen LogP contribution < -0.4 is 10.6 Å². The number of halogens is 1. The van der Waals surface area contributed by atoms with E-state index in [2.05, 4.69) is 40.7 Å². The lowest BCUT2D eigenvalue weighted by Gasteiger charge is -2.39. The molecule has 98 valence electrons. The third-order valence-corrected chi connectivity index (χ3v) is 3.87. The molecule has 0 aromatic heterocycles. The van der Waals surface area contributed by atoms with Gasteiger partial charge in [-0.3, -0.25) is 0 Å². The molecule has 5 heteroatoms. The lowest BCUT2D eigenvalue weighted by Crippen LogP contribution is -2.48. The van der Waals surface area contributed by atoms with Crippen molar-refractivity contribution in [1.82, 2.24) is 0 Å². The Bertz CT molecular complexity index is 476. The van der Waals surface area contributed by atoms with Crippen LogP contribution in [0.3, 0.4) is 0 Å². The van der Waals surface area contributed by atoms with E-state index >= 15 is 0 Å². The molecule has 18 heavy (non-hydrogen) atoms. The molecule has 0 aliphatic carbocycles. The zero-order valence-electron chi connectivity index (χ0n) is 10.6. The van der Waals surface area contributed by atoms with Gasteiger partial charge in [-0.1, -0.05) is 12.2 Å². The monoisotopic (exact) mass is 328 g/mol. The van der Waals surface area contributed by atoms with E-state index in [1.165, 1.54) is 0 Å². The number of anilines is 1. The number of rotatable bonds is 2. The van der Waals surface area contributed by atoms with Crippen molar-refractivity contribution in [3.05, 3.63) is 28.2 Å². The molecule has 0 spiro atoms. The third kappa shape index (κ3) is 3.02. The second-order valence-electron chi connectivity index (χ2n) is 5.06. The van der Waals surface area contributed by atoms with E-state index in [0.717, 1.165) is 35.4 Å². The summed E-state index contributed by atoms with van der Waals surface area (Å²) in [6.45, 7) is 6.73. The Labute approximate surface area is 121 Å². The van der Waals surface area contributed by atoms with E-state index in [-0.39, 0.29) is 5.60 Å². The quantitative estimate of drug-likeness (QED) is 0.847. The van der Waals surface area contributed by atoms with E-state index in [1.54, 1.807) is 0 Å². The third-order valence-electron chi connectivity index (χ3n) is 3.00. The van der Waals surface area contributed by atoms with Crippen LogP contribution in [0.15, 0.2) is 22.7 Å². The number of nitrogens with two attached hydrogens (primary N) is 1. The fraction of sp³-hybridized carbons (Fsp3) is 0.462. The predicted octanol–water partition coefficient (Wildman–Crippen LogP) is 2.70. The van der Waals surface area contributed by atoms with Crippen molar-refractivity contribution in [2.75, 3.05) is 24.6 Å². The number of benzene rings is 1. The lowest BCUT2D eigenvalue weighted by atomic mass is 10.1. The maximum atomic E-state index is 5.72. The first-order chi connectivity index (χ1) is 8.39. The summed E-state index contributed by atoms with van der Waals surface area (Å²) in [5.74, 6) is 0. The van der Waals surface area contributed by atoms with Crippen LogP contribution in [0.25, 0.3) is 0 Å². The van der Waals surface area contributed by atoms with Crippen molar-refractivity contribution in [1.29, 1.82) is 0 Å². The molecular formula is C13H17BrN2OS. The van der Waals surface area contributed by atoms with Gasteiger partial charge < -0.3 is 15.4 Å². The zero-order valence-corrected chi connectivity index (χ0v) is 13.0. The van der Waals surface area contributed by atoms with Crippen LogP contribution in [0.1, 0.15) is 19.4 Å². The first kappa shape index (κ1) is 13.8. The highest BCUT2D eigenvalue weighted by Gasteiger charge is 2.28. The van der Waals surface area contributed by atoms with Gasteiger partial charge in [-0.2, -0.15) is 0 Å². The van der Waals surface area contributed by atoms with Crippen molar-refractivity contribution < 1.29 is 4.74 Å². The van der Waals surface area contributed by atoms with Crippen molar-refractivity contribution in [2.24, 2.45) is 5.73 Å². The summed E-state index contributed by atoms with van der Waals surface area (Å²) in [6.07, 6.45) is 0. The van der Waals surface area contributed by atoms with Gasteiger partial charge in [-0.15, -0.1) is 0 Å². The summed E-state index contributed by atoms with van der Waals surface area (Å²) in [6, 6.07) is 5.99. The molecular weight excluding hydrogens is 312 g/mol. The van der Waals surface area contributed by atoms with Gasteiger partial charge in [0.15, 0.2) is 0 Å². The number of morpholine rings is 1. The van der Waals surface area contributed by atoms with E-state index in [4.69, 9.17) is 22.7 Å². The van der Waals surface area contributed by atoms with Gasteiger partial charge >= 0.3 is 0 Å². The van der Waals surface area contributed by atoms with Gasteiger partial charge in [0.1, 0.15) is 4.99 Å². The van der Waals surface area contributed by atoms with Crippen LogP contribution in [0.2, 0.25) is 0 Å². The molecule has 1 aliphatic heterocycles. The van der Waals surface area contributed by atoms with E-state index in [9.17, 15) is 0 Å². The van der Waals surface area contributed by atoms with Crippen molar-refractivity contribution in [3.63, 3.8) is 0 Å². The normalized spacial score (nSPS) is 18.7. The first-order valence-corrected chi connectivity index (χ1v) is 7.07. The largest absolute Gasteiger partial charge is 0.389 e. The minimum absolute atomic E-state index is 0.112. The molecule has 0 bridgehead atoms. The minimum Gasteiger partial charge on any atom is -0.389 e. The van der Waals surface area contributed by atoms with Gasteiger partial charge in [0.25, 0.3) is 0 Å². The Hall–Kier alpha value is -0.650. The molecule has 1 aromatic rings. The highest BCUT2D eigenvalue weighted by molar-refractivity contribution is 9.10. The molecule has 0 saturated carbocycles. The molecule has 1 aromatic carbocycles. The standard InChI is InChI=1S/C13H17BrN2OS/c1-13(2)8-16(5-6-17-13)11-4-3-9(12(15)18)7-10(11)14/h3-4,7H,5-6,8H2,1-2H3,(H2,15,18). The van der Waals surface area contributed by atoms with Crippen LogP contribution in [0, 0.1) is 0 Å². The molecule has 3 nitrogen and oxygen atoms in total. The van der Waals surface area contributed by atoms with Gasteiger partial charge in [0.05, 0.1) is 17.9 Å². The van der Waals surface area contributed by atoms with Crippen LogP contribution >= 0.6 is 28.1 Å². The summed E-state index contributed by atoms with van der Waals surface area (Å²) in [7, 11) is 0. The average Bonchev–Trinajstić information content (AvgIpc) is 2.27. The van der Waals surface area contributed by atoms with E-state index in [1.807, 2.05) is 12.1 Å². The van der Waals surface area contributed by atoms with E-state index in [0.29, 0.717) is 4.99 Å².